The molecule has 0 aliphatic heterocycles. The lowest BCUT2D eigenvalue weighted by molar-refractivity contribution is 0.0636. The Morgan fingerprint density at radius 3 is 2.65 bits per heavy atom. The minimum Gasteiger partial charge on any atom is -0.496 e. The molecule has 0 heterocycles. The maximum atomic E-state index is 11.7. The molecule has 0 aromatic heterocycles. The molecule has 1 amide bonds. The number of nitrogens with two attached hydrogens (primary N) is 1. The lowest BCUT2D eigenvalue weighted by atomic mass is 10.1. The molecule has 0 spiro atoms. The molecule has 0 atom stereocenters. The predicted molar refractivity (Wildman–Crippen MR) is 80.9 cm³/mol. The van der Waals surface area contributed by atoms with Gasteiger partial charge in [-0.3, -0.25) is 5.32 Å². The first-order valence-electron chi connectivity index (χ1n) is 6.40. The highest BCUT2D eigenvalue weighted by atomic mass is 16.6. The third-order valence-electron chi connectivity index (χ3n) is 2.31. The van der Waals surface area contributed by atoms with Gasteiger partial charge in [0.05, 0.1) is 7.11 Å². The van der Waals surface area contributed by atoms with Crippen molar-refractivity contribution in [2.45, 2.75) is 26.4 Å². The smallest absolute Gasteiger partial charge is 0.412 e. The minimum absolute atomic E-state index is 0.437. The molecule has 1 aromatic rings. The molecule has 20 heavy (non-hydrogen) atoms. The van der Waals surface area contributed by atoms with Crippen molar-refractivity contribution in [2.24, 2.45) is 5.73 Å². The van der Waals surface area contributed by atoms with Crippen molar-refractivity contribution in [1.29, 1.82) is 0 Å². The first kappa shape index (κ1) is 16.0. The number of ether oxygens (including phenoxy) is 2. The molecule has 0 saturated heterocycles. The van der Waals surface area contributed by atoms with Gasteiger partial charge in [-0.05, 0) is 39.0 Å². The maximum Gasteiger partial charge on any atom is 0.412 e. The molecule has 0 aliphatic carbocycles. The molecule has 3 N–H and O–H groups in total. The Kier molecular flexibility index (Phi) is 5.58. The van der Waals surface area contributed by atoms with Gasteiger partial charge in [-0.25, -0.2) is 4.79 Å². The van der Waals surface area contributed by atoms with Gasteiger partial charge >= 0.3 is 6.09 Å². The number of carbonyl (C=O) groups is 1. The van der Waals surface area contributed by atoms with Gasteiger partial charge in [-0.1, -0.05) is 12.2 Å². The van der Waals surface area contributed by atoms with Gasteiger partial charge in [0, 0.05) is 17.8 Å². The average Bonchev–Trinajstić information content (AvgIpc) is 2.34. The largest absolute Gasteiger partial charge is 0.496 e. The summed E-state index contributed by atoms with van der Waals surface area (Å²) >= 11 is 0. The zero-order valence-electron chi connectivity index (χ0n) is 12.4. The Labute approximate surface area is 119 Å². The average molecular weight is 278 g/mol. The Bertz CT molecular complexity index is 490. The van der Waals surface area contributed by atoms with Crippen molar-refractivity contribution in [1.82, 2.24) is 0 Å². The van der Waals surface area contributed by atoms with Crippen molar-refractivity contribution in [3.05, 3.63) is 29.8 Å². The molecule has 1 aromatic carbocycles. The zero-order valence-corrected chi connectivity index (χ0v) is 12.4. The first-order valence-corrected chi connectivity index (χ1v) is 6.40. The van der Waals surface area contributed by atoms with Crippen LogP contribution in [-0.4, -0.2) is 25.3 Å². The molecule has 0 radical (unpaired) electrons. The molecular formula is C15H22N2O3. The number of hydrogen-bond acceptors (Lipinski definition) is 4. The number of benzene rings is 1. The van der Waals surface area contributed by atoms with E-state index in [1.807, 2.05) is 32.9 Å². The quantitative estimate of drug-likeness (QED) is 0.888. The van der Waals surface area contributed by atoms with E-state index in [0.717, 1.165) is 5.56 Å². The SMILES string of the molecule is COc1ccc(NC(=O)OC(C)(C)C)cc1/C=C/CN. The van der Waals surface area contributed by atoms with Crippen LogP contribution in [0, 0.1) is 0 Å². The lowest BCUT2D eigenvalue weighted by Gasteiger charge is -2.20. The number of rotatable bonds is 4. The third kappa shape index (κ3) is 5.32. The molecule has 0 unspecified atom stereocenters. The second-order valence-electron chi connectivity index (χ2n) is 5.22. The van der Waals surface area contributed by atoms with E-state index in [4.69, 9.17) is 15.2 Å². The van der Waals surface area contributed by atoms with Crippen LogP contribution in [0.4, 0.5) is 10.5 Å². The van der Waals surface area contributed by atoms with Gasteiger partial charge in [-0.15, -0.1) is 0 Å². The molecule has 5 nitrogen and oxygen atoms in total. The van der Waals surface area contributed by atoms with E-state index in [1.165, 1.54) is 0 Å². The van der Waals surface area contributed by atoms with E-state index in [2.05, 4.69) is 5.32 Å². The summed E-state index contributed by atoms with van der Waals surface area (Å²) in [6, 6.07) is 5.33. The van der Waals surface area contributed by atoms with Crippen LogP contribution in [0.3, 0.4) is 0 Å². The number of hydrogen-bond donors (Lipinski definition) is 2. The Morgan fingerprint density at radius 1 is 1.40 bits per heavy atom. The summed E-state index contributed by atoms with van der Waals surface area (Å²) in [4.78, 5) is 11.7. The van der Waals surface area contributed by atoms with Crippen LogP contribution in [0.1, 0.15) is 26.3 Å². The van der Waals surface area contributed by atoms with Gasteiger partial charge in [-0.2, -0.15) is 0 Å². The summed E-state index contributed by atoms with van der Waals surface area (Å²) in [6.45, 7) is 5.88. The van der Waals surface area contributed by atoms with Crippen LogP contribution in [0.25, 0.3) is 6.08 Å². The summed E-state index contributed by atoms with van der Waals surface area (Å²) in [5.41, 5.74) is 6.38. The normalized spacial score (nSPS) is 11.4. The number of anilines is 1. The molecule has 110 valence electrons. The van der Waals surface area contributed by atoms with Gasteiger partial charge in [0.2, 0.25) is 0 Å². The van der Waals surface area contributed by atoms with Gasteiger partial charge < -0.3 is 15.2 Å². The minimum atomic E-state index is -0.529. The van der Waals surface area contributed by atoms with Crippen molar-refractivity contribution < 1.29 is 14.3 Å². The predicted octanol–water partition coefficient (Wildman–Crippen LogP) is 3.01. The standard InChI is InChI=1S/C15H22N2O3/c1-15(2,3)20-14(18)17-12-7-8-13(19-4)11(10-12)6-5-9-16/h5-8,10H,9,16H2,1-4H3,(H,17,18)/b6-5+. The number of amides is 1. The third-order valence-corrected chi connectivity index (χ3v) is 2.31. The van der Waals surface area contributed by atoms with Crippen LogP contribution in [0.15, 0.2) is 24.3 Å². The van der Waals surface area contributed by atoms with E-state index < -0.39 is 11.7 Å². The van der Waals surface area contributed by atoms with Crippen LogP contribution >= 0.6 is 0 Å². The summed E-state index contributed by atoms with van der Waals surface area (Å²) in [5, 5.41) is 2.68. The summed E-state index contributed by atoms with van der Waals surface area (Å²) in [6.07, 6.45) is 3.17. The zero-order chi connectivity index (χ0) is 15.2. The molecule has 0 bridgehead atoms. The van der Waals surface area contributed by atoms with Gasteiger partial charge in [0.25, 0.3) is 0 Å². The highest BCUT2D eigenvalue weighted by molar-refractivity contribution is 5.85. The van der Waals surface area contributed by atoms with Crippen molar-refractivity contribution in [3.8, 4) is 5.75 Å². The number of methoxy groups -OCH3 is 1. The lowest BCUT2D eigenvalue weighted by Crippen LogP contribution is -2.27. The van der Waals surface area contributed by atoms with Gasteiger partial charge in [0.1, 0.15) is 11.4 Å². The van der Waals surface area contributed by atoms with Crippen LogP contribution in [0.5, 0.6) is 5.75 Å². The Balaban J connectivity index is 2.86. The second kappa shape index (κ2) is 6.96. The highest BCUT2D eigenvalue weighted by Crippen LogP contribution is 2.24. The van der Waals surface area contributed by atoms with Crippen molar-refractivity contribution in [2.75, 3.05) is 19.0 Å². The van der Waals surface area contributed by atoms with E-state index in [0.29, 0.717) is 18.0 Å². The summed E-state index contributed by atoms with van der Waals surface area (Å²) in [7, 11) is 1.59. The van der Waals surface area contributed by atoms with Crippen LogP contribution in [-0.2, 0) is 4.74 Å². The highest BCUT2D eigenvalue weighted by Gasteiger charge is 2.16. The fourth-order valence-corrected chi connectivity index (χ4v) is 1.56. The summed E-state index contributed by atoms with van der Waals surface area (Å²) in [5.74, 6) is 0.712. The van der Waals surface area contributed by atoms with Crippen molar-refractivity contribution >= 4 is 17.9 Å². The number of nitrogens with one attached hydrogen (secondary N) is 1. The fraction of sp³-hybridized carbons (Fsp3) is 0.400. The van der Waals surface area contributed by atoms with E-state index in [1.54, 1.807) is 25.3 Å². The molecule has 0 saturated carbocycles. The van der Waals surface area contributed by atoms with Gasteiger partial charge in [0.15, 0.2) is 0 Å². The maximum absolute atomic E-state index is 11.7. The topological polar surface area (TPSA) is 73.6 Å². The van der Waals surface area contributed by atoms with Crippen LogP contribution < -0.4 is 15.8 Å². The molecule has 1 rings (SSSR count). The Hall–Kier alpha value is -2.01. The van der Waals surface area contributed by atoms with Crippen LogP contribution in [0.2, 0.25) is 0 Å². The molecular weight excluding hydrogens is 256 g/mol. The van der Waals surface area contributed by atoms with E-state index >= 15 is 0 Å². The monoisotopic (exact) mass is 278 g/mol. The fourth-order valence-electron chi connectivity index (χ4n) is 1.56. The van der Waals surface area contributed by atoms with Crippen molar-refractivity contribution in [3.63, 3.8) is 0 Å². The summed E-state index contributed by atoms with van der Waals surface area (Å²) < 4.78 is 10.4. The van der Waals surface area contributed by atoms with E-state index in [-0.39, 0.29) is 0 Å². The first-order chi connectivity index (χ1) is 9.35. The molecule has 0 fully saturated rings. The van der Waals surface area contributed by atoms with E-state index in [9.17, 15) is 4.79 Å². The molecule has 0 aliphatic rings. The number of carbonyl (C=O) groups excluding carboxylic acids is 1. The Morgan fingerprint density at radius 2 is 2.10 bits per heavy atom. The molecule has 5 heteroatoms. The second-order valence-corrected chi connectivity index (χ2v) is 5.22.